The van der Waals surface area contributed by atoms with Crippen molar-refractivity contribution in [1.82, 2.24) is 10.3 Å². The van der Waals surface area contributed by atoms with Crippen molar-refractivity contribution in [1.29, 1.82) is 0 Å². The minimum absolute atomic E-state index is 0.0124. The largest absolute Gasteiger partial charge is 0.506 e. The lowest BCUT2D eigenvalue weighted by molar-refractivity contribution is 0.0948. The van der Waals surface area contributed by atoms with Crippen LogP contribution in [0.1, 0.15) is 21.5 Å². The quantitative estimate of drug-likeness (QED) is 0.550. The van der Waals surface area contributed by atoms with Gasteiger partial charge in [0.05, 0.1) is 6.61 Å². The van der Waals surface area contributed by atoms with Gasteiger partial charge >= 0.3 is 0 Å². The fourth-order valence-corrected chi connectivity index (χ4v) is 2.89. The predicted octanol–water partition coefficient (Wildman–Crippen LogP) is 3.75. The maximum absolute atomic E-state index is 14.3. The molecule has 0 fully saturated rings. The Bertz CT molecular complexity index is 1040. The number of pyridine rings is 1. The lowest BCUT2D eigenvalue weighted by Gasteiger charge is -2.10. The second-order valence-corrected chi connectivity index (χ2v) is 6.60. The topological polar surface area (TPSA) is 82.5 Å². The molecule has 28 heavy (non-hydrogen) atoms. The molecule has 1 amide bonds. The van der Waals surface area contributed by atoms with E-state index in [1.165, 1.54) is 6.07 Å². The summed E-state index contributed by atoms with van der Waals surface area (Å²) >= 11 is 5.84. The molecule has 1 aromatic heterocycles. The second-order valence-electron chi connectivity index (χ2n) is 6.16. The summed E-state index contributed by atoms with van der Waals surface area (Å²) in [5.74, 6) is -1.44. The van der Waals surface area contributed by atoms with E-state index < -0.39 is 11.7 Å². The number of hydrogen-bond donors (Lipinski definition) is 3. The number of rotatable bonds is 6. The van der Waals surface area contributed by atoms with Gasteiger partial charge in [0.1, 0.15) is 22.6 Å². The number of nitrogens with one attached hydrogen (secondary N) is 1. The number of halogens is 2. The first-order valence-electron chi connectivity index (χ1n) is 8.58. The number of aromatic hydroxyl groups is 1. The predicted molar refractivity (Wildman–Crippen MR) is 106 cm³/mol. The summed E-state index contributed by atoms with van der Waals surface area (Å²) in [7, 11) is 0. The summed E-state index contributed by atoms with van der Waals surface area (Å²) in [5.41, 5.74) is 1.38. The molecule has 2 aromatic carbocycles. The Hall–Kier alpha value is -2.96. The van der Waals surface area contributed by atoms with Gasteiger partial charge in [-0.15, -0.1) is 0 Å². The highest BCUT2D eigenvalue weighted by Gasteiger charge is 2.17. The Morgan fingerprint density at radius 3 is 2.64 bits per heavy atom. The monoisotopic (exact) mass is 400 g/mol. The van der Waals surface area contributed by atoms with Gasteiger partial charge in [0, 0.05) is 23.2 Å². The molecule has 5 nitrogen and oxygen atoms in total. The van der Waals surface area contributed by atoms with E-state index in [9.17, 15) is 14.3 Å². The molecule has 0 aliphatic rings. The first-order chi connectivity index (χ1) is 13.5. The van der Waals surface area contributed by atoms with Crippen LogP contribution in [0.25, 0.3) is 10.9 Å². The third-order valence-electron chi connectivity index (χ3n) is 4.19. The van der Waals surface area contributed by atoms with Gasteiger partial charge in [-0.1, -0.05) is 35.9 Å². The Morgan fingerprint density at radius 1 is 1.18 bits per heavy atom. The van der Waals surface area contributed by atoms with Crippen LogP contribution in [0.2, 0.25) is 5.02 Å². The normalized spacial score (nSPS) is 11.2. The molecule has 0 aliphatic heterocycles. The molecule has 3 rings (SSSR count). The van der Waals surface area contributed by atoms with E-state index in [0.717, 1.165) is 11.8 Å². The van der Waals surface area contributed by atoms with Crippen molar-refractivity contribution < 1.29 is 19.4 Å². The molecule has 3 aromatic rings. The van der Waals surface area contributed by atoms with Crippen LogP contribution in [0.4, 0.5) is 4.39 Å². The number of carbonyl (C=O) groups excluding carboxylic acids is 1. The molecular weight excluding hydrogens is 383 g/mol. The van der Waals surface area contributed by atoms with Crippen molar-refractivity contribution in [3.8, 4) is 5.75 Å². The lowest BCUT2D eigenvalue weighted by atomic mass is 10.0. The lowest BCUT2D eigenvalue weighted by Crippen LogP contribution is -2.23. The SMILES string of the molecule is O=C(NCc1ccc(Cl)cc1)c1cnc2c(F)cc(C/C=C\CO)cc2c1O. The number of aromatic nitrogens is 1. The van der Waals surface area contributed by atoms with Crippen LogP contribution in [0.15, 0.2) is 54.7 Å². The average molecular weight is 401 g/mol. The van der Waals surface area contributed by atoms with E-state index >= 15 is 0 Å². The molecule has 0 unspecified atom stereocenters. The zero-order valence-electron chi connectivity index (χ0n) is 14.8. The molecule has 0 bridgehead atoms. The smallest absolute Gasteiger partial charge is 0.256 e. The van der Waals surface area contributed by atoms with Gasteiger partial charge in [0.2, 0.25) is 0 Å². The fraction of sp³-hybridized carbons (Fsp3) is 0.143. The van der Waals surface area contributed by atoms with Crippen LogP contribution in [0.3, 0.4) is 0 Å². The zero-order valence-corrected chi connectivity index (χ0v) is 15.6. The highest BCUT2D eigenvalue weighted by atomic mass is 35.5. The van der Waals surface area contributed by atoms with Gasteiger partial charge < -0.3 is 15.5 Å². The Balaban J connectivity index is 1.86. The molecule has 3 N–H and O–H groups in total. The number of carbonyl (C=O) groups is 1. The van der Waals surface area contributed by atoms with Crippen molar-refractivity contribution in [2.24, 2.45) is 0 Å². The highest BCUT2D eigenvalue weighted by Crippen LogP contribution is 2.30. The van der Waals surface area contributed by atoms with Gasteiger partial charge in [-0.05, 0) is 41.8 Å². The van der Waals surface area contributed by atoms with Crippen LogP contribution >= 0.6 is 11.6 Å². The number of fused-ring (bicyclic) bond motifs is 1. The van der Waals surface area contributed by atoms with Crippen molar-refractivity contribution in [2.75, 3.05) is 6.61 Å². The molecule has 1 heterocycles. The number of hydrogen-bond acceptors (Lipinski definition) is 4. The summed E-state index contributed by atoms with van der Waals surface area (Å²) < 4.78 is 14.3. The maximum atomic E-state index is 14.3. The van der Waals surface area contributed by atoms with Gasteiger partial charge in [-0.25, -0.2) is 4.39 Å². The maximum Gasteiger partial charge on any atom is 0.256 e. The first kappa shape index (κ1) is 19.8. The fourth-order valence-electron chi connectivity index (χ4n) is 2.76. The summed E-state index contributed by atoms with van der Waals surface area (Å²) in [6.07, 6.45) is 4.76. The van der Waals surface area contributed by atoms with Crippen LogP contribution in [0, 0.1) is 5.82 Å². The standard InChI is InChI=1S/C21H18ClFN2O3/c22-15-6-4-13(5-7-15)11-25-21(28)17-12-24-19-16(20(17)27)9-14(10-18(19)23)3-1-2-8-26/h1-2,4-7,9-10,12,26H,3,8,11H2,(H,24,27)(H,25,28)/b2-1-. The number of amides is 1. The molecule has 0 saturated heterocycles. The van der Waals surface area contributed by atoms with Crippen molar-refractivity contribution in [3.05, 3.63) is 82.3 Å². The highest BCUT2D eigenvalue weighted by molar-refractivity contribution is 6.30. The van der Waals surface area contributed by atoms with Crippen LogP contribution in [-0.4, -0.2) is 27.7 Å². The van der Waals surface area contributed by atoms with E-state index in [4.69, 9.17) is 16.7 Å². The molecule has 0 atom stereocenters. The number of nitrogens with zero attached hydrogens (tertiary/aromatic N) is 1. The van der Waals surface area contributed by atoms with E-state index in [1.807, 2.05) is 0 Å². The molecule has 0 radical (unpaired) electrons. The third kappa shape index (κ3) is 4.47. The minimum atomic E-state index is -0.590. The summed E-state index contributed by atoms with van der Waals surface area (Å²) in [6, 6.07) is 9.89. The van der Waals surface area contributed by atoms with Gasteiger partial charge in [0.25, 0.3) is 5.91 Å². The molecular formula is C21H18ClFN2O3. The van der Waals surface area contributed by atoms with E-state index in [2.05, 4.69) is 10.3 Å². The molecule has 0 spiro atoms. The number of benzene rings is 2. The Morgan fingerprint density at radius 2 is 1.93 bits per heavy atom. The second kappa shape index (κ2) is 8.82. The molecule has 0 aliphatic carbocycles. The zero-order chi connectivity index (χ0) is 20.1. The third-order valence-corrected chi connectivity index (χ3v) is 4.44. The van der Waals surface area contributed by atoms with Crippen LogP contribution in [0.5, 0.6) is 5.75 Å². The first-order valence-corrected chi connectivity index (χ1v) is 8.96. The number of allylic oxidation sites excluding steroid dienone is 1. The van der Waals surface area contributed by atoms with Crippen molar-refractivity contribution in [2.45, 2.75) is 13.0 Å². The van der Waals surface area contributed by atoms with E-state index in [-0.39, 0.29) is 35.4 Å². The summed E-state index contributed by atoms with van der Waals surface area (Å²) in [5, 5.41) is 22.8. The molecule has 0 saturated carbocycles. The van der Waals surface area contributed by atoms with E-state index in [0.29, 0.717) is 17.0 Å². The van der Waals surface area contributed by atoms with Gasteiger partial charge in [0.15, 0.2) is 0 Å². The number of aliphatic hydroxyl groups is 1. The molecule has 7 heteroatoms. The van der Waals surface area contributed by atoms with Gasteiger partial charge in [-0.2, -0.15) is 0 Å². The summed E-state index contributed by atoms with van der Waals surface area (Å²) in [4.78, 5) is 16.5. The minimum Gasteiger partial charge on any atom is -0.506 e. The Labute approximate surface area is 166 Å². The van der Waals surface area contributed by atoms with Crippen LogP contribution < -0.4 is 5.32 Å². The van der Waals surface area contributed by atoms with E-state index in [1.54, 1.807) is 42.5 Å². The molecule has 144 valence electrons. The Kier molecular flexibility index (Phi) is 6.23. The number of aliphatic hydroxyl groups excluding tert-OH is 1. The van der Waals surface area contributed by atoms with Gasteiger partial charge in [-0.3, -0.25) is 9.78 Å². The van der Waals surface area contributed by atoms with Crippen molar-refractivity contribution in [3.63, 3.8) is 0 Å². The van der Waals surface area contributed by atoms with Crippen molar-refractivity contribution >= 4 is 28.4 Å². The summed E-state index contributed by atoms with van der Waals surface area (Å²) in [6.45, 7) is 0.134. The van der Waals surface area contributed by atoms with Crippen LogP contribution in [-0.2, 0) is 13.0 Å². The average Bonchev–Trinajstić information content (AvgIpc) is 2.68.